The van der Waals surface area contributed by atoms with Crippen LogP contribution in [-0.4, -0.2) is 17.4 Å². The molecule has 130 valence electrons. The molecule has 1 N–H and O–H groups in total. The third kappa shape index (κ3) is 3.18. The van der Waals surface area contributed by atoms with E-state index in [4.69, 9.17) is 0 Å². The van der Waals surface area contributed by atoms with Crippen molar-refractivity contribution in [2.24, 2.45) is 0 Å². The number of fused-ring (bicyclic) bond motifs is 1. The molecule has 1 amide bonds. The van der Waals surface area contributed by atoms with E-state index >= 15 is 0 Å². The maximum Gasteiger partial charge on any atom is 0.255 e. The second-order valence-electron chi connectivity index (χ2n) is 6.57. The van der Waals surface area contributed by atoms with Gasteiger partial charge in [-0.25, -0.2) is 4.98 Å². The lowest BCUT2D eigenvalue weighted by atomic mass is 10.1. The van der Waals surface area contributed by atoms with Crippen molar-refractivity contribution < 1.29 is 4.79 Å². The van der Waals surface area contributed by atoms with Gasteiger partial charge in [0.1, 0.15) is 5.82 Å². The smallest absolute Gasteiger partial charge is 0.255 e. The Morgan fingerprint density at radius 2 is 1.88 bits per heavy atom. The van der Waals surface area contributed by atoms with Crippen LogP contribution in [0.2, 0.25) is 0 Å². The first kappa shape index (κ1) is 16.3. The minimum absolute atomic E-state index is 0.0990. The van der Waals surface area contributed by atoms with E-state index in [1.54, 1.807) is 6.20 Å². The summed E-state index contributed by atoms with van der Waals surface area (Å²) in [5.41, 5.74) is 5.34. The van der Waals surface area contributed by atoms with Crippen LogP contribution in [0.15, 0.2) is 66.9 Å². The molecule has 1 aromatic heterocycles. The highest BCUT2D eigenvalue weighted by molar-refractivity contribution is 5.99. The van der Waals surface area contributed by atoms with E-state index in [9.17, 15) is 4.79 Å². The Morgan fingerprint density at radius 3 is 2.73 bits per heavy atom. The van der Waals surface area contributed by atoms with Gasteiger partial charge >= 0.3 is 0 Å². The topological polar surface area (TPSA) is 45.2 Å². The molecule has 2 heterocycles. The molecule has 4 heteroatoms. The van der Waals surface area contributed by atoms with E-state index in [1.807, 2.05) is 30.3 Å². The fraction of sp³-hybridized carbons (Fsp3) is 0.182. The number of hydrogen-bond acceptors (Lipinski definition) is 3. The molecular formula is C22H21N3O. The van der Waals surface area contributed by atoms with Crippen molar-refractivity contribution in [2.75, 3.05) is 11.4 Å². The van der Waals surface area contributed by atoms with Crippen LogP contribution >= 0.6 is 0 Å². The molecule has 0 atom stereocenters. The number of pyridine rings is 1. The van der Waals surface area contributed by atoms with Gasteiger partial charge in [-0.2, -0.15) is 0 Å². The van der Waals surface area contributed by atoms with Crippen LogP contribution in [0.25, 0.3) is 0 Å². The van der Waals surface area contributed by atoms with Gasteiger partial charge in [0.2, 0.25) is 0 Å². The Balaban J connectivity index is 1.56. The average molecular weight is 343 g/mol. The Kier molecular flexibility index (Phi) is 4.40. The third-order valence-corrected chi connectivity index (χ3v) is 4.75. The van der Waals surface area contributed by atoms with Crippen LogP contribution in [-0.2, 0) is 13.0 Å². The molecule has 0 saturated heterocycles. The van der Waals surface area contributed by atoms with Crippen molar-refractivity contribution in [3.05, 3.63) is 89.1 Å². The summed E-state index contributed by atoms with van der Waals surface area (Å²) in [5.74, 6) is 0.622. The van der Waals surface area contributed by atoms with Gasteiger partial charge in [0.15, 0.2) is 0 Å². The minimum Gasteiger partial charge on any atom is -0.348 e. The standard InChI is InChI=1S/C22H21N3O/c1-16-8-10-17(11-9-16)15-24-22(26)19-6-4-13-23-21(19)25-14-12-18-5-2-3-7-20(18)25/h2-11,13H,12,14-15H2,1H3,(H,24,26). The van der Waals surface area contributed by atoms with Crippen molar-refractivity contribution in [2.45, 2.75) is 19.9 Å². The van der Waals surface area contributed by atoms with Crippen molar-refractivity contribution in [1.82, 2.24) is 10.3 Å². The number of nitrogens with zero attached hydrogens (tertiary/aromatic N) is 2. The summed E-state index contributed by atoms with van der Waals surface area (Å²) in [7, 11) is 0. The quantitative estimate of drug-likeness (QED) is 0.778. The van der Waals surface area contributed by atoms with Gasteiger partial charge in [-0.3, -0.25) is 4.79 Å². The average Bonchev–Trinajstić information content (AvgIpc) is 3.11. The summed E-state index contributed by atoms with van der Waals surface area (Å²) in [5, 5.41) is 3.02. The van der Waals surface area contributed by atoms with Gasteiger partial charge in [-0.1, -0.05) is 48.0 Å². The molecule has 0 saturated carbocycles. The molecule has 4 rings (SSSR count). The zero-order valence-corrected chi connectivity index (χ0v) is 14.8. The van der Waals surface area contributed by atoms with Crippen LogP contribution in [0.3, 0.4) is 0 Å². The lowest BCUT2D eigenvalue weighted by Gasteiger charge is -2.21. The number of nitrogens with one attached hydrogen (secondary N) is 1. The highest BCUT2D eigenvalue weighted by Crippen LogP contribution is 2.34. The van der Waals surface area contributed by atoms with Crippen LogP contribution in [0.1, 0.15) is 27.0 Å². The van der Waals surface area contributed by atoms with Crippen LogP contribution < -0.4 is 10.2 Å². The second kappa shape index (κ2) is 7.00. The Bertz CT molecular complexity index is 934. The fourth-order valence-electron chi connectivity index (χ4n) is 3.33. The van der Waals surface area contributed by atoms with Crippen molar-refractivity contribution in [1.29, 1.82) is 0 Å². The zero-order valence-electron chi connectivity index (χ0n) is 14.8. The van der Waals surface area contributed by atoms with Crippen LogP contribution in [0, 0.1) is 6.92 Å². The molecule has 2 aromatic carbocycles. The summed E-state index contributed by atoms with van der Waals surface area (Å²) in [6.07, 6.45) is 2.71. The number of amides is 1. The first-order chi connectivity index (χ1) is 12.7. The van der Waals surface area contributed by atoms with Gasteiger partial charge in [-0.15, -0.1) is 0 Å². The van der Waals surface area contributed by atoms with Gasteiger partial charge in [0.05, 0.1) is 5.56 Å². The molecular weight excluding hydrogens is 322 g/mol. The van der Waals surface area contributed by atoms with Gasteiger partial charge in [0, 0.05) is 25.0 Å². The summed E-state index contributed by atoms with van der Waals surface area (Å²) in [6.45, 7) is 3.40. The fourth-order valence-corrected chi connectivity index (χ4v) is 3.33. The van der Waals surface area contributed by atoms with Crippen molar-refractivity contribution in [3.63, 3.8) is 0 Å². The zero-order chi connectivity index (χ0) is 17.9. The molecule has 0 spiro atoms. The van der Waals surface area contributed by atoms with Crippen molar-refractivity contribution >= 4 is 17.4 Å². The number of rotatable bonds is 4. The highest BCUT2D eigenvalue weighted by Gasteiger charge is 2.24. The van der Waals surface area contributed by atoms with E-state index in [0.29, 0.717) is 12.1 Å². The molecule has 0 aliphatic carbocycles. The number of carbonyl (C=O) groups excluding carboxylic acids is 1. The number of aryl methyl sites for hydroxylation is 1. The van der Waals surface area contributed by atoms with Gasteiger partial charge < -0.3 is 10.2 Å². The number of para-hydroxylation sites is 1. The van der Waals surface area contributed by atoms with E-state index < -0.39 is 0 Å². The molecule has 0 fully saturated rings. The highest BCUT2D eigenvalue weighted by atomic mass is 16.1. The minimum atomic E-state index is -0.0990. The lowest BCUT2D eigenvalue weighted by Crippen LogP contribution is -2.26. The number of hydrogen-bond donors (Lipinski definition) is 1. The number of carbonyl (C=O) groups is 1. The van der Waals surface area contributed by atoms with Crippen LogP contribution in [0.4, 0.5) is 11.5 Å². The first-order valence-corrected chi connectivity index (χ1v) is 8.86. The SMILES string of the molecule is Cc1ccc(CNC(=O)c2cccnc2N2CCc3ccccc32)cc1. The lowest BCUT2D eigenvalue weighted by molar-refractivity contribution is 0.0951. The maximum absolute atomic E-state index is 12.8. The van der Waals surface area contributed by atoms with Crippen molar-refractivity contribution in [3.8, 4) is 0 Å². The number of benzene rings is 2. The molecule has 26 heavy (non-hydrogen) atoms. The normalized spacial score (nSPS) is 12.7. The molecule has 0 radical (unpaired) electrons. The van der Waals surface area contributed by atoms with E-state index in [1.165, 1.54) is 11.1 Å². The molecule has 0 unspecified atom stereocenters. The maximum atomic E-state index is 12.8. The Hall–Kier alpha value is -3.14. The third-order valence-electron chi connectivity index (χ3n) is 4.75. The molecule has 4 nitrogen and oxygen atoms in total. The van der Waals surface area contributed by atoms with E-state index in [2.05, 4.69) is 52.5 Å². The summed E-state index contributed by atoms with van der Waals surface area (Å²) in [4.78, 5) is 19.4. The second-order valence-corrected chi connectivity index (χ2v) is 6.57. The van der Waals surface area contributed by atoms with Gasteiger partial charge in [-0.05, 0) is 42.7 Å². The number of aromatic nitrogens is 1. The van der Waals surface area contributed by atoms with E-state index in [-0.39, 0.29) is 5.91 Å². The predicted octanol–water partition coefficient (Wildman–Crippen LogP) is 4.01. The first-order valence-electron chi connectivity index (χ1n) is 8.86. The van der Waals surface area contributed by atoms with Gasteiger partial charge in [0.25, 0.3) is 5.91 Å². The summed E-state index contributed by atoms with van der Waals surface area (Å²) < 4.78 is 0. The van der Waals surface area contributed by atoms with E-state index in [0.717, 1.165) is 30.0 Å². The van der Waals surface area contributed by atoms with Crippen LogP contribution in [0.5, 0.6) is 0 Å². The monoisotopic (exact) mass is 343 g/mol. The molecule has 1 aliphatic heterocycles. The molecule has 3 aromatic rings. The summed E-state index contributed by atoms with van der Waals surface area (Å²) >= 11 is 0. The predicted molar refractivity (Wildman–Crippen MR) is 104 cm³/mol. The Morgan fingerprint density at radius 1 is 1.08 bits per heavy atom. The molecule has 0 bridgehead atoms. The largest absolute Gasteiger partial charge is 0.348 e. The summed E-state index contributed by atoms with van der Waals surface area (Å²) in [6, 6.07) is 20.1. The number of anilines is 2. The molecule has 1 aliphatic rings. The Labute approximate surface area is 153 Å².